The lowest BCUT2D eigenvalue weighted by molar-refractivity contribution is -0.118. The molecule has 0 bridgehead atoms. The van der Waals surface area contributed by atoms with Crippen LogP contribution in [0.25, 0.3) is 10.2 Å². The van der Waals surface area contributed by atoms with Gasteiger partial charge in [-0.3, -0.25) is 4.79 Å². The van der Waals surface area contributed by atoms with Crippen molar-refractivity contribution >= 4 is 45.4 Å². The maximum atomic E-state index is 13.0. The van der Waals surface area contributed by atoms with E-state index in [1.165, 1.54) is 35.4 Å². The number of carbonyl (C=O) groups excluding carboxylic acids is 1. The van der Waals surface area contributed by atoms with Crippen LogP contribution in [0.3, 0.4) is 0 Å². The Kier molecular flexibility index (Phi) is 5.17. The molecule has 4 nitrogen and oxygen atoms in total. The van der Waals surface area contributed by atoms with Crippen LogP contribution in [0, 0.1) is 11.6 Å². The van der Waals surface area contributed by atoms with Gasteiger partial charge < -0.3 is 0 Å². The van der Waals surface area contributed by atoms with E-state index in [0.717, 1.165) is 26.7 Å². The van der Waals surface area contributed by atoms with Gasteiger partial charge in [0.25, 0.3) is 5.91 Å². The van der Waals surface area contributed by atoms with E-state index in [9.17, 15) is 13.6 Å². The fourth-order valence-electron chi connectivity index (χ4n) is 1.84. The Labute approximate surface area is 144 Å². The highest BCUT2D eigenvalue weighted by Crippen LogP contribution is 2.28. The minimum atomic E-state index is -0.961. The maximum Gasteiger partial charge on any atom is 0.250 e. The summed E-state index contributed by atoms with van der Waals surface area (Å²) >= 11 is 2.84. The highest BCUT2D eigenvalue weighted by molar-refractivity contribution is 8.01. The lowest BCUT2D eigenvalue weighted by Gasteiger charge is -1.98. The summed E-state index contributed by atoms with van der Waals surface area (Å²) in [4.78, 5) is 16.2. The molecule has 0 unspecified atom stereocenters. The van der Waals surface area contributed by atoms with E-state index in [1.807, 2.05) is 24.3 Å². The van der Waals surface area contributed by atoms with E-state index >= 15 is 0 Å². The largest absolute Gasteiger partial charge is 0.272 e. The number of para-hydroxylation sites is 1. The van der Waals surface area contributed by atoms with Crippen molar-refractivity contribution in [2.45, 2.75) is 4.34 Å². The molecule has 0 saturated heterocycles. The van der Waals surface area contributed by atoms with Crippen molar-refractivity contribution in [3.05, 3.63) is 59.7 Å². The number of nitrogens with zero attached hydrogens (tertiary/aromatic N) is 2. The van der Waals surface area contributed by atoms with E-state index in [4.69, 9.17) is 0 Å². The van der Waals surface area contributed by atoms with Crippen LogP contribution in [-0.4, -0.2) is 22.9 Å². The standard InChI is InChI=1S/C16H11F2N3OS2/c17-11-6-5-10(7-12(11)18)8-19-21-15(22)9-23-16-20-13-3-1-2-4-14(13)24-16/h1-8H,9H2,(H,21,22)/b19-8-. The number of halogens is 2. The van der Waals surface area contributed by atoms with Crippen molar-refractivity contribution in [1.82, 2.24) is 10.4 Å². The number of benzene rings is 2. The number of thioether (sulfide) groups is 1. The monoisotopic (exact) mass is 363 g/mol. The first kappa shape index (κ1) is 16.5. The molecule has 3 rings (SSSR count). The molecule has 1 N–H and O–H groups in total. The third-order valence-electron chi connectivity index (χ3n) is 2.95. The van der Waals surface area contributed by atoms with E-state index in [0.29, 0.717) is 5.56 Å². The zero-order chi connectivity index (χ0) is 16.9. The Bertz CT molecular complexity index is 878. The average Bonchev–Trinajstić information content (AvgIpc) is 2.99. The predicted octanol–water partition coefficient (Wildman–Crippen LogP) is 3.82. The van der Waals surface area contributed by atoms with E-state index in [2.05, 4.69) is 15.5 Å². The summed E-state index contributed by atoms with van der Waals surface area (Å²) in [5, 5.41) is 3.72. The fourth-order valence-corrected chi connectivity index (χ4v) is 3.70. The van der Waals surface area contributed by atoms with Gasteiger partial charge in [0.2, 0.25) is 0 Å². The molecule has 8 heteroatoms. The molecule has 0 aliphatic heterocycles. The molecule has 24 heavy (non-hydrogen) atoms. The third-order valence-corrected chi connectivity index (χ3v) is 5.13. The first-order valence-corrected chi connectivity index (χ1v) is 8.67. The van der Waals surface area contributed by atoms with Gasteiger partial charge in [-0.1, -0.05) is 30.0 Å². The number of hydrogen-bond donors (Lipinski definition) is 1. The van der Waals surface area contributed by atoms with Crippen molar-refractivity contribution in [3.8, 4) is 0 Å². The Hall–Kier alpha value is -2.32. The van der Waals surface area contributed by atoms with Gasteiger partial charge in [-0.15, -0.1) is 11.3 Å². The molecule has 2 aromatic carbocycles. The molecular formula is C16H11F2N3OS2. The van der Waals surface area contributed by atoms with Crippen LogP contribution in [0.15, 0.2) is 51.9 Å². The molecule has 3 aromatic rings. The number of carbonyl (C=O) groups is 1. The number of amides is 1. The van der Waals surface area contributed by atoms with Crippen molar-refractivity contribution < 1.29 is 13.6 Å². The minimum absolute atomic E-state index is 0.162. The summed E-state index contributed by atoms with van der Waals surface area (Å²) in [6, 6.07) is 11.1. The number of fused-ring (bicyclic) bond motifs is 1. The maximum absolute atomic E-state index is 13.0. The van der Waals surface area contributed by atoms with Gasteiger partial charge in [0.05, 0.1) is 22.2 Å². The number of hydrazone groups is 1. The van der Waals surface area contributed by atoms with Crippen LogP contribution in [-0.2, 0) is 4.79 Å². The van der Waals surface area contributed by atoms with Crippen LogP contribution >= 0.6 is 23.1 Å². The van der Waals surface area contributed by atoms with Gasteiger partial charge >= 0.3 is 0 Å². The summed E-state index contributed by atoms with van der Waals surface area (Å²) in [5.41, 5.74) is 3.60. The predicted molar refractivity (Wildman–Crippen MR) is 92.4 cm³/mol. The summed E-state index contributed by atoms with van der Waals surface area (Å²) in [5.74, 6) is -2.03. The number of aromatic nitrogens is 1. The molecule has 0 aliphatic rings. The van der Waals surface area contributed by atoms with Gasteiger partial charge in [0.15, 0.2) is 16.0 Å². The molecule has 0 radical (unpaired) electrons. The fraction of sp³-hybridized carbons (Fsp3) is 0.0625. The molecule has 0 saturated carbocycles. The quantitative estimate of drug-likeness (QED) is 0.426. The van der Waals surface area contributed by atoms with Crippen molar-refractivity contribution in [2.24, 2.45) is 5.10 Å². The second-order valence-electron chi connectivity index (χ2n) is 4.70. The van der Waals surface area contributed by atoms with Gasteiger partial charge in [0, 0.05) is 0 Å². The summed E-state index contributed by atoms with van der Waals surface area (Å²) in [6.07, 6.45) is 1.25. The molecular weight excluding hydrogens is 352 g/mol. The number of nitrogens with one attached hydrogen (secondary N) is 1. The minimum Gasteiger partial charge on any atom is -0.272 e. The van der Waals surface area contributed by atoms with Gasteiger partial charge in [0.1, 0.15) is 0 Å². The summed E-state index contributed by atoms with van der Waals surface area (Å²) < 4.78 is 27.7. The SMILES string of the molecule is O=C(CSc1nc2ccccc2s1)N/N=C\c1ccc(F)c(F)c1. The highest BCUT2D eigenvalue weighted by atomic mass is 32.2. The molecule has 0 aliphatic carbocycles. The van der Waals surface area contributed by atoms with E-state index in [-0.39, 0.29) is 11.7 Å². The molecule has 0 fully saturated rings. The second kappa shape index (κ2) is 7.50. The number of rotatable bonds is 5. The first-order chi connectivity index (χ1) is 11.6. The van der Waals surface area contributed by atoms with E-state index in [1.54, 1.807) is 0 Å². The summed E-state index contributed by atoms with van der Waals surface area (Å²) in [6.45, 7) is 0. The Balaban J connectivity index is 1.51. The number of hydrogen-bond acceptors (Lipinski definition) is 5. The highest BCUT2D eigenvalue weighted by Gasteiger charge is 2.07. The molecule has 122 valence electrons. The van der Waals surface area contributed by atoms with Crippen molar-refractivity contribution in [2.75, 3.05) is 5.75 Å². The number of thiazole rings is 1. The normalized spacial score (nSPS) is 11.2. The zero-order valence-corrected chi connectivity index (χ0v) is 13.8. The van der Waals surface area contributed by atoms with Crippen LogP contribution in [0.1, 0.15) is 5.56 Å². The van der Waals surface area contributed by atoms with E-state index < -0.39 is 11.6 Å². The van der Waals surface area contributed by atoms with Gasteiger partial charge in [-0.2, -0.15) is 5.10 Å². The van der Waals surface area contributed by atoms with Crippen LogP contribution in [0.5, 0.6) is 0 Å². The van der Waals surface area contributed by atoms with Gasteiger partial charge in [-0.05, 0) is 29.8 Å². The average molecular weight is 363 g/mol. The topological polar surface area (TPSA) is 54.4 Å². The van der Waals surface area contributed by atoms with Crippen molar-refractivity contribution in [1.29, 1.82) is 0 Å². The third kappa shape index (κ3) is 4.15. The van der Waals surface area contributed by atoms with Gasteiger partial charge in [-0.25, -0.2) is 19.2 Å². The summed E-state index contributed by atoms with van der Waals surface area (Å²) in [7, 11) is 0. The molecule has 0 spiro atoms. The van der Waals surface area contributed by atoms with Crippen LogP contribution in [0.2, 0.25) is 0 Å². The zero-order valence-electron chi connectivity index (χ0n) is 12.2. The lowest BCUT2D eigenvalue weighted by atomic mass is 10.2. The smallest absolute Gasteiger partial charge is 0.250 e. The van der Waals surface area contributed by atoms with Crippen LogP contribution < -0.4 is 5.43 Å². The second-order valence-corrected chi connectivity index (χ2v) is 6.96. The Morgan fingerprint density at radius 2 is 2.08 bits per heavy atom. The molecule has 1 heterocycles. The molecule has 0 atom stereocenters. The lowest BCUT2D eigenvalue weighted by Crippen LogP contribution is -2.19. The molecule has 1 amide bonds. The van der Waals surface area contributed by atoms with Crippen LogP contribution in [0.4, 0.5) is 8.78 Å². The Morgan fingerprint density at radius 3 is 2.88 bits per heavy atom. The first-order valence-electron chi connectivity index (χ1n) is 6.87. The van der Waals surface area contributed by atoms with Crippen molar-refractivity contribution in [3.63, 3.8) is 0 Å². The molecule has 1 aromatic heterocycles. The Morgan fingerprint density at radius 1 is 1.25 bits per heavy atom.